The van der Waals surface area contributed by atoms with Crippen LogP contribution >= 0.6 is 0 Å². The van der Waals surface area contributed by atoms with Gasteiger partial charge in [0.1, 0.15) is 0 Å². The van der Waals surface area contributed by atoms with Gasteiger partial charge in [-0.3, -0.25) is 0 Å². The Balaban J connectivity index is 1.01. The van der Waals surface area contributed by atoms with Crippen LogP contribution in [-0.4, -0.2) is 9.97 Å². The first kappa shape index (κ1) is 33.2. The summed E-state index contributed by atoms with van der Waals surface area (Å²) in [6.45, 7) is 4.75. The van der Waals surface area contributed by atoms with Crippen molar-refractivity contribution >= 4 is 32.3 Å². The van der Waals surface area contributed by atoms with Crippen LogP contribution in [0.5, 0.6) is 0 Å². The van der Waals surface area contributed by atoms with E-state index in [0.29, 0.717) is 5.82 Å². The van der Waals surface area contributed by atoms with Gasteiger partial charge in [-0.2, -0.15) is 0 Å². The second-order valence-electron chi connectivity index (χ2n) is 15.7. The number of rotatable bonds is 5. The highest BCUT2D eigenvalue weighted by molar-refractivity contribution is 6.05. The van der Waals surface area contributed by atoms with E-state index in [2.05, 4.69) is 202 Å². The van der Waals surface area contributed by atoms with Crippen LogP contribution in [0.3, 0.4) is 0 Å². The third kappa shape index (κ3) is 5.40. The normalized spacial score (nSPS) is 12.9. The second kappa shape index (κ2) is 13.0. The zero-order valence-electron chi connectivity index (χ0n) is 31.9. The van der Waals surface area contributed by atoms with E-state index in [4.69, 9.17) is 9.97 Å². The van der Waals surface area contributed by atoms with Gasteiger partial charge in [-0.1, -0.05) is 184 Å². The minimum Gasteiger partial charge on any atom is -0.228 e. The molecule has 1 aliphatic carbocycles. The number of aromatic nitrogens is 2. The van der Waals surface area contributed by atoms with E-state index in [1.54, 1.807) is 0 Å². The summed E-state index contributed by atoms with van der Waals surface area (Å²) in [6, 6.07) is 70.1. The highest BCUT2D eigenvalue weighted by Gasteiger charge is 2.37. The fraction of sp³-hybridized carbons (Fsp3) is 0.0545. The van der Waals surface area contributed by atoms with Crippen molar-refractivity contribution in [2.24, 2.45) is 0 Å². The Morgan fingerprint density at radius 3 is 1.65 bits per heavy atom. The average Bonchev–Trinajstić information content (AvgIpc) is 3.50. The number of fused-ring (bicyclic) bond motifs is 6. The van der Waals surface area contributed by atoms with Crippen molar-refractivity contribution in [3.63, 3.8) is 0 Å². The first-order chi connectivity index (χ1) is 28.0. The highest BCUT2D eigenvalue weighted by Crippen LogP contribution is 2.53. The van der Waals surface area contributed by atoms with Gasteiger partial charge in [0.2, 0.25) is 0 Å². The number of hydrogen-bond acceptors (Lipinski definition) is 2. The molecule has 0 amide bonds. The Morgan fingerprint density at radius 1 is 0.333 bits per heavy atom. The lowest BCUT2D eigenvalue weighted by Gasteiger charge is -2.25. The Hall–Kier alpha value is -7.16. The SMILES string of the molecule is CC1(C)c2cc3ccccc3cc2-c2cccc(-c3ccc(-c4ccc(-c5nc(-c6ccccc6)cc(-c6cccc7ccccc67)n5)c5ccccc45)cc3)c21. The molecule has 0 spiro atoms. The second-order valence-corrected chi connectivity index (χ2v) is 15.7. The van der Waals surface area contributed by atoms with Gasteiger partial charge in [0.15, 0.2) is 5.82 Å². The van der Waals surface area contributed by atoms with Crippen LogP contribution in [0.4, 0.5) is 0 Å². The Morgan fingerprint density at radius 2 is 0.877 bits per heavy atom. The van der Waals surface area contributed by atoms with Crippen molar-refractivity contribution in [2.75, 3.05) is 0 Å². The van der Waals surface area contributed by atoms with Gasteiger partial charge < -0.3 is 0 Å². The lowest BCUT2D eigenvalue weighted by molar-refractivity contribution is 0.663. The van der Waals surface area contributed by atoms with Crippen LogP contribution in [0.1, 0.15) is 25.0 Å². The molecule has 0 saturated heterocycles. The summed E-state index contributed by atoms with van der Waals surface area (Å²) < 4.78 is 0. The molecule has 0 unspecified atom stereocenters. The quantitative estimate of drug-likeness (QED) is 0.176. The fourth-order valence-corrected chi connectivity index (χ4v) is 9.29. The molecule has 0 atom stereocenters. The smallest absolute Gasteiger partial charge is 0.161 e. The molecule has 57 heavy (non-hydrogen) atoms. The van der Waals surface area contributed by atoms with Gasteiger partial charge in [-0.15, -0.1) is 0 Å². The van der Waals surface area contributed by atoms with Crippen LogP contribution in [0.25, 0.3) is 99.6 Å². The highest BCUT2D eigenvalue weighted by atomic mass is 14.9. The van der Waals surface area contributed by atoms with E-state index in [1.807, 2.05) is 6.07 Å². The van der Waals surface area contributed by atoms with Crippen LogP contribution in [0.2, 0.25) is 0 Å². The maximum atomic E-state index is 5.31. The summed E-state index contributed by atoms with van der Waals surface area (Å²) in [5.41, 5.74) is 15.2. The first-order valence-corrected chi connectivity index (χ1v) is 19.7. The third-order valence-electron chi connectivity index (χ3n) is 12.1. The summed E-state index contributed by atoms with van der Waals surface area (Å²) in [6.07, 6.45) is 0. The molecule has 0 saturated carbocycles. The zero-order chi connectivity index (χ0) is 38.1. The van der Waals surface area contributed by atoms with E-state index in [9.17, 15) is 0 Å². The van der Waals surface area contributed by atoms with E-state index in [-0.39, 0.29) is 5.41 Å². The van der Waals surface area contributed by atoms with Crippen molar-refractivity contribution in [2.45, 2.75) is 19.3 Å². The predicted molar refractivity (Wildman–Crippen MR) is 239 cm³/mol. The van der Waals surface area contributed by atoms with Crippen molar-refractivity contribution in [3.8, 4) is 67.3 Å². The summed E-state index contributed by atoms with van der Waals surface area (Å²) >= 11 is 0. The molecule has 0 bridgehead atoms. The van der Waals surface area contributed by atoms with Crippen LogP contribution in [-0.2, 0) is 5.41 Å². The van der Waals surface area contributed by atoms with Crippen molar-refractivity contribution in [1.82, 2.24) is 9.97 Å². The molecule has 11 rings (SSSR count). The molecule has 2 heteroatoms. The number of benzene rings is 9. The molecule has 9 aromatic carbocycles. The van der Waals surface area contributed by atoms with E-state index in [0.717, 1.165) is 33.5 Å². The predicted octanol–water partition coefficient (Wildman–Crippen LogP) is 14.6. The van der Waals surface area contributed by atoms with Crippen molar-refractivity contribution in [1.29, 1.82) is 0 Å². The standard InChI is InChI=1S/C55H38N2/c1-55(2)50-33-40-18-7-6-17-39(40)32-49(50)47-25-13-23-43(53(47)55)37-28-26-36(27-29-37)42-30-31-48(45-22-11-10-21-44(42)45)54-56-51(38-15-4-3-5-16-38)34-52(57-54)46-24-12-19-35-14-8-9-20-41(35)46/h3-34H,1-2H3. The molecule has 1 aliphatic rings. The fourth-order valence-electron chi connectivity index (χ4n) is 9.29. The molecule has 268 valence electrons. The van der Waals surface area contributed by atoms with Crippen molar-refractivity contribution < 1.29 is 0 Å². The molecule has 0 aliphatic heterocycles. The molecule has 0 N–H and O–H groups in total. The molecule has 2 nitrogen and oxygen atoms in total. The van der Waals surface area contributed by atoms with E-state index in [1.165, 1.54) is 71.4 Å². The van der Waals surface area contributed by atoms with Gasteiger partial charge in [-0.25, -0.2) is 9.97 Å². The topological polar surface area (TPSA) is 25.8 Å². The minimum atomic E-state index is -0.122. The molecular weight excluding hydrogens is 689 g/mol. The van der Waals surface area contributed by atoms with Crippen LogP contribution in [0.15, 0.2) is 194 Å². The molecule has 1 heterocycles. The molecular formula is C55H38N2. The number of nitrogens with zero attached hydrogens (tertiary/aromatic N) is 2. The molecule has 1 aromatic heterocycles. The maximum Gasteiger partial charge on any atom is 0.161 e. The van der Waals surface area contributed by atoms with Crippen molar-refractivity contribution in [3.05, 3.63) is 205 Å². The summed E-state index contributed by atoms with van der Waals surface area (Å²) in [7, 11) is 0. The first-order valence-electron chi connectivity index (χ1n) is 19.7. The van der Waals surface area contributed by atoms with Gasteiger partial charge in [-0.05, 0) is 101 Å². The minimum absolute atomic E-state index is 0.122. The zero-order valence-corrected chi connectivity index (χ0v) is 31.9. The van der Waals surface area contributed by atoms with Gasteiger partial charge >= 0.3 is 0 Å². The monoisotopic (exact) mass is 726 g/mol. The Bertz CT molecular complexity index is 3190. The molecule has 0 fully saturated rings. The van der Waals surface area contributed by atoms with Gasteiger partial charge in [0, 0.05) is 22.1 Å². The van der Waals surface area contributed by atoms with Gasteiger partial charge in [0.05, 0.1) is 11.4 Å². The summed E-state index contributed by atoms with van der Waals surface area (Å²) in [5.74, 6) is 0.715. The van der Waals surface area contributed by atoms with E-state index >= 15 is 0 Å². The van der Waals surface area contributed by atoms with Crippen LogP contribution in [0, 0.1) is 0 Å². The van der Waals surface area contributed by atoms with Gasteiger partial charge in [0.25, 0.3) is 0 Å². The maximum absolute atomic E-state index is 5.31. The third-order valence-corrected chi connectivity index (χ3v) is 12.1. The Kier molecular flexibility index (Phi) is 7.55. The van der Waals surface area contributed by atoms with E-state index < -0.39 is 0 Å². The lowest BCUT2D eigenvalue weighted by atomic mass is 9.78. The number of hydrogen-bond donors (Lipinski definition) is 0. The molecule has 0 radical (unpaired) electrons. The summed E-state index contributed by atoms with van der Waals surface area (Å²) in [4.78, 5) is 10.5. The van der Waals surface area contributed by atoms with Crippen LogP contribution < -0.4 is 0 Å². The summed E-state index contributed by atoms with van der Waals surface area (Å²) in [5, 5.41) is 7.25. The lowest BCUT2D eigenvalue weighted by Crippen LogP contribution is -2.16. The molecule has 10 aromatic rings. The average molecular weight is 727 g/mol. The Labute approximate surface area is 332 Å². The largest absolute Gasteiger partial charge is 0.228 e.